The van der Waals surface area contributed by atoms with Gasteiger partial charge < -0.3 is 19.7 Å². The number of nitrogens with one attached hydrogen (secondary N) is 1. The first kappa shape index (κ1) is 15.3. The number of carbonyl (C=O) groups excluding carboxylic acids is 2. The van der Waals surface area contributed by atoms with E-state index in [0.717, 1.165) is 5.76 Å². The molecule has 1 aromatic carbocycles. The minimum atomic E-state index is -2.00. The van der Waals surface area contributed by atoms with Gasteiger partial charge in [-0.1, -0.05) is 18.2 Å². The molecule has 0 unspecified atom stereocenters. The smallest absolute Gasteiger partial charge is 0.268 e. The van der Waals surface area contributed by atoms with Gasteiger partial charge in [-0.2, -0.15) is 0 Å². The fourth-order valence-electron chi connectivity index (χ4n) is 2.67. The van der Waals surface area contributed by atoms with Crippen LogP contribution < -0.4 is 10.2 Å². The topological polar surface area (TPSA) is 82.8 Å². The summed E-state index contributed by atoms with van der Waals surface area (Å²) in [6.45, 7) is 0.609. The molecule has 6 nitrogen and oxygen atoms in total. The van der Waals surface area contributed by atoms with Crippen LogP contribution in [0.2, 0.25) is 0 Å². The average Bonchev–Trinajstić information content (AvgIpc) is 3.18. The first-order chi connectivity index (χ1) is 11.1. The molecule has 1 atom stereocenters. The third-order valence-corrected chi connectivity index (χ3v) is 3.98. The van der Waals surface area contributed by atoms with E-state index in [2.05, 4.69) is 5.32 Å². The van der Waals surface area contributed by atoms with Crippen molar-refractivity contribution in [2.75, 3.05) is 18.0 Å². The lowest BCUT2D eigenvalue weighted by Crippen LogP contribution is -2.52. The van der Waals surface area contributed by atoms with Crippen molar-refractivity contribution in [3.8, 4) is 0 Å². The number of hydrogen-bond donors (Lipinski definition) is 2. The molecular weight excluding hydrogens is 296 g/mol. The number of carbonyl (C=O) groups is 2. The molecule has 3 rings (SSSR count). The second-order valence-corrected chi connectivity index (χ2v) is 5.49. The predicted octanol–water partition coefficient (Wildman–Crippen LogP) is 1.11. The van der Waals surface area contributed by atoms with Crippen molar-refractivity contribution in [2.45, 2.75) is 18.4 Å². The number of para-hydroxylation sites is 1. The molecule has 0 saturated carbocycles. The summed E-state index contributed by atoms with van der Waals surface area (Å²) in [6, 6.07) is 12.6. The SMILES string of the molecule is O=C(NCCc1ccco1)[C@@]1(O)CCN(c2ccccc2)C1=O. The third kappa shape index (κ3) is 2.98. The summed E-state index contributed by atoms with van der Waals surface area (Å²) in [5.41, 5.74) is -1.32. The summed E-state index contributed by atoms with van der Waals surface area (Å²) in [5.74, 6) is -0.507. The fourth-order valence-corrected chi connectivity index (χ4v) is 2.67. The zero-order valence-electron chi connectivity index (χ0n) is 12.6. The van der Waals surface area contributed by atoms with Gasteiger partial charge in [0.2, 0.25) is 5.60 Å². The number of rotatable bonds is 5. The monoisotopic (exact) mass is 314 g/mol. The van der Waals surface area contributed by atoms with Crippen molar-refractivity contribution >= 4 is 17.5 Å². The number of furan rings is 1. The fraction of sp³-hybridized carbons (Fsp3) is 0.294. The Morgan fingerprint density at radius 1 is 1.26 bits per heavy atom. The lowest BCUT2D eigenvalue weighted by Gasteiger charge is -2.21. The first-order valence-electron chi connectivity index (χ1n) is 7.51. The van der Waals surface area contributed by atoms with Gasteiger partial charge in [-0.15, -0.1) is 0 Å². The van der Waals surface area contributed by atoms with Crippen LogP contribution in [-0.4, -0.2) is 35.6 Å². The van der Waals surface area contributed by atoms with E-state index in [1.807, 2.05) is 18.2 Å². The van der Waals surface area contributed by atoms with E-state index in [9.17, 15) is 14.7 Å². The Hall–Kier alpha value is -2.60. The highest BCUT2D eigenvalue weighted by molar-refractivity contribution is 6.16. The summed E-state index contributed by atoms with van der Waals surface area (Å²) in [5, 5.41) is 13.1. The van der Waals surface area contributed by atoms with Crippen LogP contribution in [0.1, 0.15) is 12.2 Å². The van der Waals surface area contributed by atoms with Crippen LogP contribution in [0.25, 0.3) is 0 Å². The molecule has 2 heterocycles. The van der Waals surface area contributed by atoms with Gasteiger partial charge in [0.1, 0.15) is 5.76 Å². The summed E-state index contributed by atoms with van der Waals surface area (Å²) in [7, 11) is 0. The minimum Gasteiger partial charge on any atom is -0.469 e. The van der Waals surface area contributed by atoms with Crippen molar-refractivity contribution in [3.63, 3.8) is 0 Å². The molecule has 1 aliphatic heterocycles. The van der Waals surface area contributed by atoms with Gasteiger partial charge in [-0.05, 0) is 24.3 Å². The van der Waals surface area contributed by atoms with Crippen molar-refractivity contribution in [1.82, 2.24) is 5.32 Å². The van der Waals surface area contributed by atoms with Crippen molar-refractivity contribution < 1.29 is 19.1 Å². The molecule has 1 aromatic heterocycles. The van der Waals surface area contributed by atoms with Gasteiger partial charge in [-0.3, -0.25) is 9.59 Å². The number of aliphatic hydroxyl groups is 1. The second-order valence-electron chi connectivity index (χ2n) is 5.49. The molecule has 2 aromatic rings. The summed E-state index contributed by atoms with van der Waals surface area (Å²) in [4.78, 5) is 26.1. The van der Waals surface area contributed by atoms with E-state index < -0.39 is 17.4 Å². The van der Waals surface area contributed by atoms with E-state index in [-0.39, 0.29) is 6.42 Å². The van der Waals surface area contributed by atoms with Gasteiger partial charge in [-0.25, -0.2) is 0 Å². The Morgan fingerprint density at radius 2 is 2.04 bits per heavy atom. The van der Waals surface area contributed by atoms with Crippen molar-refractivity contribution in [3.05, 3.63) is 54.5 Å². The van der Waals surface area contributed by atoms with Crippen LogP contribution >= 0.6 is 0 Å². The van der Waals surface area contributed by atoms with E-state index in [4.69, 9.17) is 4.42 Å². The highest BCUT2D eigenvalue weighted by Crippen LogP contribution is 2.28. The van der Waals surface area contributed by atoms with Crippen LogP contribution in [0.5, 0.6) is 0 Å². The molecule has 0 radical (unpaired) electrons. The second kappa shape index (κ2) is 6.26. The third-order valence-electron chi connectivity index (χ3n) is 3.98. The van der Waals surface area contributed by atoms with Gasteiger partial charge in [0, 0.05) is 31.6 Å². The first-order valence-corrected chi connectivity index (χ1v) is 7.51. The van der Waals surface area contributed by atoms with E-state index in [1.165, 1.54) is 4.90 Å². The lowest BCUT2D eigenvalue weighted by molar-refractivity contribution is -0.149. The maximum atomic E-state index is 12.5. The Labute approximate surface area is 133 Å². The van der Waals surface area contributed by atoms with Crippen LogP contribution in [0.15, 0.2) is 53.1 Å². The largest absolute Gasteiger partial charge is 0.469 e. The lowest BCUT2D eigenvalue weighted by atomic mass is 10.0. The maximum Gasteiger partial charge on any atom is 0.268 e. The Kier molecular flexibility index (Phi) is 4.16. The molecule has 0 bridgehead atoms. The zero-order chi connectivity index (χ0) is 16.3. The normalized spacial score (nSPS) is 20.7. The molecule has 2 amide bonds. The molecule has 1 saturated heterocycles. The minimum absolute atomic E-state index is 0.0767. The number of anilines is 1. The Morgan fingerprint density at radius 3 is 2.74 bits per heavy atom. The Balaban J connectivity index is 1.62. The van der Waals surface area contributed by atoms with Gasteiger partial charge >= 0.3 is 0 Å². The maximum absolute atomic E-state index is 12.5. The molecular formula is C17H18N2O4. The molecule has 1 aliphatic rings. The van der Waals surface area contributed by atoms with Crippen molar-refractivity contribution in [2.24, 2.45) is 0 Å². The van der Waals surface area contributed by atoms with Crippen molar-refractivity contribution in [1.29, 1.82) is 0 Å². The molecule has 6 heteroatoms. The van der Waals surface area contributed by atoms with Crippen LogP contribution in [-0.2, 0) is 16.0 Å². The molecule has 23 heavy (non-hydrogen) atoms. The highest BCUT2D eigenvalue weighted by atomic mass is 16.3. The number of hydrogen-bond acceptors (Lipinski definition) is 4. The predicted molar refractivity (Wildman–Crippen MR) is 83.8 cm³/mol. The molecule has 1 fully saturated rings. The zero-order valence-corrected chi connectivity index (χ0v) is 12.6. The molecule has 2 N–H and O–H groups in total. The number of amides is 2. The van der Waals surface area contributed by atoms with Gasteiger partial charge in [0.15, 0.2) is 0 Å². The van der Waals surface area contributed by atoms with Crippen LogP contribution in [0.3, 0.4) is 0 Å². The van der Waals surface area contributed by atoms with Crippen LogP contribution in [0.4, 0.5) is 5.69 Å². The van der Waals surface area contributed by atoms with Crippen LogP contribution in [0, 0.1) is 0 Å². The quantitative estimate of drug-likeness (QED) is 0.810. The molecule has 120 valence electrons. The van der Waals surface area contributed by atoms with E-state index in [1.54, 1.807) is 30.5 Å². The van der Waals surface area contributed by atoms with Gasteiger partial charge in [0.25, 0.3) is 11.8 Å². The summed E-state index contributed by atoms with van der Waals surface area (Å²) >= 11 is 0. The van der Waals surface area contributed by atoms with E-state index >= 15 is 0 Å². The summed E-state index contributed by atoms with van der Waals surface area (Å²) < 4.78 is 5.17. The molecule has 0 spiro atoms. The summed E-state index contributed by atoms with van der Waals surface area (Å²) in [6.07, 6.45) is 2.14. The number of benzene rings is 1. The number of nitrogens with zero attached hydrogens (tertiary/aromatic N) is 1. The Bertz CT molecular complexity index is 684. The molecule has 0 aliphatic carbocycles. The standard InChI is InChI=1S/C17H18N2O4/c20-15(18-10-8-14-7-4-12-23-14)17(22)9-11-19(16(17)21)13-5-2-1-3-6-13/h1-7,12,22H,8-11H2,(H,18,20)/t17-/m0/s1. The van der Waals surface area contributed by atoms with E-state index in [0.29, 0.717) is 25.2 Å². The highest BCUT2D eigenvalue weighted by Gasteiger charge is 2.51. The van der Waals surface area contributed by atoms with Gasteiger partial charge in [0.05, 0.1) is 6.26 Å². The average molecular weight is 314 g/mol.